The van der Waals surface area contributed by atoms with Crippen LogP contribution in [0, 0.1) is 0 Å². The number of carbonyl (C=O) groups is 2. The van der Waals surface area contributed by atoms with Gasteiger partial charge in [0.25, 0.3) is 5.91 Å². The maximum absolute atomic E-state index is 13.5. The number of sulfone groups is 1. The Hall–Kier alpha value is -3.25. The van der Waals surface area contributed by atoms with Crippen LogP contribution in [0.25, 0.3) is 11.1 Å². The van der Waals surface area contributed by atoms with Crippen molar-refractivity contribution in [3.8, 4) is 11.1 Å². The lowest BCUT2D eigenvalue weighted by Gasteiger charge is -2.19. The van der Waals surface area contributed by atoms with Gasteiger partial charge in [-0.05, 0) is 58.4 Å². The molecule has 2 amide bonds. The normalized spacial score (nSPS) is 12.0. The summed E-state index contributed by atoms with van der Waals surface area (Å²) in [5, 5.41) is 9.90. The molecular weight excluding hydrogens is 490 g/mol. The Morgan fingerprint density at radius 1 is 1.14 bits per heavy atom. The van der Waals surface area contributed by atoms with Gasteiger partial charge in [0, 0.05) is 30.4 Å². The second-order valence-electron chi connectivity index (χ2n) is 9.21. The minimum absolute atomic E-state index is 0.00274. The van der Waals surface area contributed by atoms with Crippen molar-refractivity contribution in [1.82, 2.24) is 25.4 Å². The maximum Gasteiger partial charge on any atom is 0.408 e. The summed E-state index contributed by atoms with van der Waals surface area (Å²) in [6, 6.07) is 4.38. The van der Waals surface area contributed by atoms with Crippen molar-refractivity contribution in [3.05, 3.63) is 47.4 Å². The van der Waals surface area contributed by atoms with Crippen molar-refractivity contribution in [2.24, 2.45) is 7.05 Å². The van der Waals surface area contributed by atoms with Crippen molar-refractivity contribution in [2.45, 2.75) is 61.9 Å². The van der Waals surface area contributed by atoms with Crippen LogP contribution in [0.4, 0.5) is 4.79 Å². The highest BCUT2D eigenvalue weighted by Crippen LogP contribution is 2.31. The predicted octanol–water partition coefficient (Wildman–Crippen LogP) is 3.54. The summed E-state index contributed by atoms with van der Waals surface area (Å²) >= 11 is 0.939. The first-order valence-electron chi connectivity index (χ1n) is 10.9. The Morgan fingerprint density at radius 2 is 1.86 bits per heavy atom. The number of ether oxygens (including phenoxy) is 1. The van der Waals surface area contributed by atoms with Gasteiger partial charge >= 0.3 is 6.09 Å². The molecule has 188 valence electrons. The zero-order valence-corrected chi connectivity index (χ0v) is 22.1. The standard InChI is InChI=1S/C23H29N5O5S2/c1-14(2)27-21(29)16-7-15(17-10-26-28(6)13-17)8-18(9-16)35(31,32)20-12-24-19(34-20)11-25-22(30)33-23(3,4)5/h7-10,12-14H,11H2,1-6H3,(H,25,30)(H,27,29). The Kier molecular flexibility index (Phi) is 7.65. The Labute approximate surface area is 208 Å². The molecule has 0 radical (unpaired) electrons. The average molecular weight is 520 g/mol. The van der Waals surface area contributed by atoms with Crippen LogP contribution in [0.2, 0.25) is 0 Å². The summed E-state index contributed by atoms with van der Waals surface area (Å²) in [7, 11) is -2.24. The molecule has 0 atom stereocenters. The van der Waals surface area contributed by atoms with E-state index in [4.69, 9.17) is 4.74 Å². The molecule has 0 aliphatic carbocycles. The van der Waals surface area contributed by atoms with E-state index in [0.717, 1.165) is 11.3 Å². The average Bonchev–Trinajstić information content (AvgIpc) is 3.40. The third-order valence-electron chi connectivity index (χ3n) is 4.52. The maximum atomic E-state index is 13.5. The van der Waals surface area contributed by atoms with E-state index in [9.17, 15) is 18.0 Å². The minimum atomic E-state index is -3.99. The quantitative estimate of drug-likeness (QED) is 0.488. The van der Waals surface area contributed by atoms with Gasteiger partial charge in [-0.3, -0.25) is 9.48 Å². The Bertz CT molecular complexity index is 1340. The van der Waals surface area contributed by atoms with Crippen molar-refractivity contribution in [3.63, 3.8) is 0 Å². The summed E-state index contributed by atoms with van der Waals surface area (Å²) in [4.78, 5) is 28.7. The molecule has 10 nitrogen and oxygen atoms in total. The fraction of sp³-hybridized carbons (Fsp3) is 0.391. The molecule has 0 saturated carbocycles. The fourth-order valence-corrected chi connectivity index (χ4v) is 5.64. The number of hydrogen-bond acceptors (Lipinski definition) is 8. The first-order chi connectivity index (χ1) is 16.2. The van der Waals surface area contributed by atoms with Gasteiger partial charge < -0.3 is 15.4 Å². The molecule has 12 heteroatoms. The molecule has 3 rings (SSSR count). The lowest BCUT2D eigenvalue weighted by atomic mass is 10.1. The van der Waals surface area contributed by atoms with E-state index in [1.54, 1.807) is 51.0 Å². The third kappa shape index (κ3) is 6.89. The van der Waals surface area contributed by atoms with Gasteiger partial charge in [0.1, 0.15) is 14.8 Å². The van der Waals surface area contributed by atoms with E-state index in [2.05, 4.69) is 20.7 Å². The van der Waals surface area contributed by atoms with Gasteiger partial charge in [-0.25, -0.2) is 18.2 Å². The summed E-state index contributed by atoms with van der Waals surface area (Å²) in [5.74, 6) is -0.381. The number of aryl methyl sites for hydroxylation is 1. The van der Waals surface area contributed by atoms with E-state index in [0.29, 0.717) is 16.1 Å². The number of alkyl carbamates (subject to hydrolysis) is 1. The zero-order valence-electron chi connectivity index (χ0n) is 20.4. The second kappa shape index (κ2) is 10.2. The number of amides is 2. The van der Waals surface area contributed by atoms with Gasteiger partial charge in [-0.2, -0.15) is 5.10 Å². The number of aromatic nitrogens is 3. The first kappa shape index (κ1) is 26.4. The van der Waals surface area contributed by atoms with Gasteiger partial charge in [-0.15, -0.1) is 11.3 Å². The molecule has 0 spiro atoms. The molecule has 2 aromatic heterocycles. The van der Waals surface area contributed by atoms with Crippen LogP contribution in [0.3, 0.4) is 0 Å². The second-order valence-corrected chi connectivity index (χ2v) is 12.5. The molecule has 0 saturated heterocycles. The lowest BCUT2D eigenvalue weighted by Crippen LogP contribution is -2.32. The molecule has 0 aliphatic heterocycles. The Morgan fingerprint density at radius 3 is 2.46 bits per heavy atom. The van der Waals surface area contributed by atoms with Crippen molar-refractivity contribution in [2.75, 3.05) is 0 Å². The molecule has 0 unspecified atom stereocenters. The number of nitrogens with zero attached hydrogens (tertiary/aromatic N) is 3. The number of carbonyl (C=O) groups excluding carboxylic acids is 2. The summed E-state index contributed by atoms with van der Waals surface area (Å²) in [6.45, 7) is 8.91. The van der Waals surface area contributed by atoms with E-state index in [1.165, 1.54) is 18.3 Å². The third-order valence-corrected chi connectivity index (χ3v) is 7.71. The lowest BCUT2D eigenvalue weighted by molar-refractivity contribution is 0.0523. The van der Waals surface area contributed by atoms with E-state index in [1.807, 2.05) is 13.8 Å². The van der Waals surface area contributed by atoms with Crippen molar-refractivity contribution < 1.29 is 22.7 Å². The van der Waals surface area contributed by atoms with Crippen LogP contribution in [0.15, 0.2) is 45.9 Å². The molecule has 0 bridgehead atoms. The van der Waals surface area contributed by atoms with Gasteiger partial charge in [0.15, 0.2) is 0 Å². The van der Waals surface area contributed by atoms with Crippen LogP contribution in [0.1, 0.15) is 50.0 Å². The highest BCUT2D eigenvalue weighted by Gasteiger charge is 2.24. The van der Waals surface area contributed by atoms with E-state index < -0.39 is 21.5 Å². The Balaban J connectivity index is 1.93. The molecule has 3 aromatic rings. The fourth-order valence-electron chi connectivity index (χ4n) is 3.05. The molecule has 2 N–H and O–H groups in total. The van der Waals surface area contributed by atoms with Crippen LogP contribution in [-0.2, 0) is 28.2 Å². The summed E-state index contributed by atoms with van der Waals surface area (Å²) < 4.78 is 33.7. The summed E-state index contributed by atoms with van der Waals surface area (Å²) in [5.41, 5.74) is 0.786. The molecular formula is C23H29N5O5S2. The molecule has 0 aliphatic rings. The monoisotopic (exact) mass is 519 g/mol. The van der Waals surface area contributed by atoms with Crippen molar-refractivity contribution >= 4 is 33.2 Å². The largest absolute Gasteiger partial charge is 0.444 e. The number of benzene rings is 1. The number of hydrogen-bond donors (Lipinski definition) is 2. The molecule has 2 heterocycles. The van der Waals surface area contributed by atoms with E-state index in [-0.39, 0.29) is 33.2 Å². The van der Waals surface area contributed by atoms with Crippen LogP contribution in [-0.4, -0.2) is 46.8 Å². The van der Waals surface area contributed by atoms with Crippen molar-refractivity contribution in [1.29, 1.82) is 0 Å². The number of nitrogens with one attached hydrogen (secondary N) is 2. The topological polar surface area (TPSA) is 132 Å². The SMILES string of the molecule is CC(C)NC(=O)c1cc(-c2cnn(C)c2)cc(S(=O)(=O)c2cnc(CNC(=O)OC(C)(C)C)s2)c1. The van der Waals surface area contributed by atoms with Crippen LogP contribution < -0.4 is 10.6 Å². The molecule has 35 heavy (non-hydrogen) atoms. The highest BCUT2D eigenvalue weighted by molar-refractivity contribution is 7.93. The number of thiazole rings is 1. The van der Waals surface area contributed by atoms with Gasteiger partial charge in [0.2, 0.25) is 9.84 Å². The molecule has 1 aromatic carbocycles. The summed E-state index contributed by atoms with van der Waals surface area (Å²) in [6.07, 6.45) is 3.96. The van der Waals surface area contributed by atoms with Gasteiger partial charge in [-0.1, -0.05) is 0 Å². The first-order valence-corrected chi connectivity index (χ1v) is 13.2. The number of rotatable bonds is 7. The zero-order chi connectivity index (χ0) is 26.0. The molecule has 0 fully saturated rings. The minimum Gasteiger partial charge on any atom is -0.444 e. The van der Waals surface area contributed by atoms with Gasteiger partial charge in [0.05, 0.1) is 23.8 Å². The van der Waals surface area contributed by atoms with Crippen LogP contribution in [0.5, 0.6) is 0 Å². The smallest absolute Gasteiger partial charge is 0.408 e. The predicted molar refractivity (Wildman–Crippen MR) is 132 cm³/mol. The van der Waals surface area contributed by atoms with E-state index >= 15 is 0 Å². The van der Waals surface area contributed by atoms with Crippen LogP contribution >= 0.6 is 11.3 Å². The highest BCUT2D eigenvalue weighted by atomic mass is 32.2.